The summed E-state index contributed by atoms with van der Waals surface area (Å²) in [6, 6.07) is 12.2. The van der Waals surface area contributed by atoms with E-state index in [1.54, 1.807) is 7.11 Å². The highest BCUT2D eigenvalue weighted by molar-refractivity contribution is 5.85. The fraction of sp³-hybridized carbons (Fsp3) is 0.353. The number of carbonyl (C=O) groups is 1. The summed E-state index contributed by atoms with van der Waals surface area (Å²) >= 11 is 0. The molecule has 0 radical (unpaired) electrons. The molecular weight excluding hydrogens is 264 g/mol. The molecule has 1 aliphatic rings. The van der Waals surface area contributed by atoms with E-state index in [9.17, 15) is 4.79 Å². The lowest BCUT2D eigenvalue weighted by Crippen LogP contribution is -2.31. The van der Waals surface area contributed by atoms with Gasteiger partial charge in [0.2, 0.25) is 5.91 Å². The zero-order chi connectivity index (χ0) is 14.7. The Morgan fingerprint density at radius 3 is 2.86 bits per heavy atom. The topological polar surface area (TPSA) is 50.4 Å². The van der Waals surface area contributed by atoms with Gasteiger partial charge in [0.25, 0.3) is 0 Å². The van der Waals surface area contributed by atoms with Gasteiger partial charge in [-0.05, 0) is 47.5 Å². The number of benzene rings is 2. The first-order valence-corrected chi connectivity index (χ1v) is 7.31. The van der Waals surface area contributed by atoms with Gasteiger partial charge in [-0.15, -0.1) is 0 Å². The number of nitrogens with one attached hydrogen (secondary N) is 2. The van der Waals surface area contributed by atoms with E-state index in [0.717, 1.165) is 41.6 Å². The largest absolute Gasteiger partial charge is 0.497 e. The third kappa shape index (κ3) is 3.16. The minimum atomic E-state index is 0.120. The molecule has 21 heavy (non-hydrogen) atoms. The van der Waals surface area contributed by atoms with E-state index in [1.165, 1.54) is 0 Å². The third-order valence-corrected chi connectivity index (χ3v) is 4.01. The van der Waals surface area contributed by atoms with Gasteiger partial charge in [-0.1, -0.05) is 18.2 Å². The number of hydrogen-bond acceptors (Lipinski definition) is 3. The second-order valence-corrected chi connectivity index (χ2v) is 5.45. The zero-order valence-electron chi connectivity index (χ0n) is 12.2. The SMILES string of the molecule is COc1ccc2cc(CNC(=O)C3CCNC3)ccc2c1. The predicted octanol–water partition coefficient (Wildman–Crippen LogP) is 2.07. The maximum atomic E-state index is 12.0. The molecule has 3 rings (SSSR count). The number of fused-ring (bicyclic) bond motifs is 1. The van der Waals surface area contributed by atoms with Gasteiger partial charge in [0.1, 0.15) is 5.75 Å². The molecule has 2 aromatic carbocycles. The van der Waals surface area contributed by atoms with E-state index in [0.29, 0.717) is 6.54 Å². The first-order valence-electron chi connectivity index (χ1n) is 7.31. The van der Waals surface area contributed by atoms with Crippen molar-refractivity contribution in [2.24, 2.45) is 5.92 Å². The minimum Gasteiger partial charge on any atom is -0.497 e. The Morgan fingerprint density at radius 2 is 2.10 bits per heavy atom. The molecule has 0 aliphatic carbocycles. The van der Waals surface area contributed by atoms with Gasteiger partial charge in [-0.25, -0.2) is 0 Å². The zero-order valence-corrected chi connectivity index (χ0v) is 12.2. The molecule has 1 atom stereocenters. The van der Waals surface area contributed by atoms with E-state index in [4.69, 9.17) is 4.74 Å². The van der Waals surface area contributed by atoms with E-state index in [-0.39, 0.29) is 11.8 Å². The van der Waals surface area contributed by atoms with Gasteiger partial charge in [-0.2, -0.15) is 0 Å². The summed E-state index contributed by atoms with van der Waals surface area (Å²) in [6.07, 6.45) is 0.934. The Labute approximate surface area is 124 Å². The predicted molar refractivity (Wildman–Crippen MR) is 83.3 cm³/mol. The maximum absolute atomic E-state index is 12.0. The van der Waals surface area contributed by atoms with Crippen LogP contribution in [0.5, 0.6) is 5.75 Å². The van der Waals surface area contributed by atoms with Crippen LogP contribution in [-0.2, 0) is 11.3 Å². The van der Waals surface area contributed by atoms with Gasteiger partial charge in [0.15, 0.2) is 0 Å². The van der Waals surface area contributed by atoms with Crippen molar-refractivity contribution in [3.8, 4) is 5.75 Å². The van der Waals surface area contributed by atoms with Crippen LogP contribution in [0.25, 0.3) is 10.8 Å². The lowest BCUT2D eigenvalue weighted by atomic mass is 10.1. The molecule has 2 N–H and O–H groups in total. The van der Waals surface area contributed by atoms with Crippen LogP contribution in [0.3, 0.4) is 0 Å². The van der Waals surface area contributed by atoms with Gasteiger partial charge in [-0.3, -0.25) is 4.79 Å². The van der Waals surface area contributed by atoms with Crippen molar-refractivity contribution < 1.29 is 9.53 Å². The monoisotopic (exact) mass is 284 g/mol. The van der Waals surface area contributed by atoms with Crippen LogP contribution in [0.4, 0.5) is 0 Å². The summed E-state index contributed by atoms with van der Waals surface area (Å²) in [5.41, 5.74) is 1.12. The van der Waals surface area contributed by atoms with Gasteiger partial charge < -0.3 is 15.4 Å². The highest BCUT2D eigenvalue weighted by atomic mass is 16.5. The number of carbonyl (C=O) groups excluding carboxylic acids is 1. The van der Waals surface area contributed by atoms with Crippen molar-refractivity contribution in [2.75, 3.05) is 20.2 Å². The summed E-state index contributed by atoms with van der Waals surface area (Å²) < 4.78 is 5.23. The summed E-state index contributed by atoms with van der Waals surface area (Å²) in [5.74, 6) is 1.13. The molecule has 0 bridgehead atoms. The lowest BCUT2D eigenvalue weighted by Gasteiger charge is -2.10. The molecule has 0 spiro atoms. The highest BCUT2D eigenvalue weighted by Crippen LogP contribution is 2.21. The maximum Gasteiger partial charge on any atom is 0.224 e. The summed E-state index contributed by atoms with van der Waals surface area (Å²) in [7, 11) is 1.67. The van der Waals surface area contributed by atoms with Crippen LogP contribution < -0.4 is 15.4 Å². The second kappa shape index (κ2) is 6.14. The molecule has 1 unspecified atom stereocenters. The molecule has 0 saturated carbocycles. The molecule has 1 heterocycles. The molecule has 1 amide bonds. The number of amides is 1. The Hall–Kier alpha value is -2.07. The quantitative estimate of drug-likeness (QED) is 0.903. The minimum absolute atomic E-state index is 0.120. The van der Waals surface area contributed by atoms with Gasteiger partial charge >= 0.3 is 0 Å². The fourth-order valence-electron chi connectivity index (χ4n) is 2.72. The normalized spacial score (nSPS) is 17.9. The Balaban J connectivity index is 1.68. The molecule has 1 fully saturated rings. The van der Waals surface area contributed by atoms with Crippen LogP contribution in [0.1, 0.15) is 12.0 Å². The van der Waals surface area contributed by atoms with Crippen molar-refractivity contribution in [3.05, 3.63) is 42.0 Å². The van der Waals surface area contributed by atoms with Crippen LogP contribution in [0.2, 0.25) is 0 Å². The molecule has 1 aliphatic heterocycles. The summed E-state index contributed by atoms with van der Waals surface area (Å²) in [6.45, 7) is 2.32. The number of ether oxygens (including phenoxy) is 1. The van der Waals surface area contributed by atoms with Crippen molar-refractivity contribution in [1.29, 1.82) is 0 Å². The molecule has 0 aromatic heterocycles. The van der Waals surface area contributed by atoms with E-state index in [1.807, 2.05) is 18.2 Å². The molecule has 4 nitrogen and oxygen atoms in total. The number of hydrogen-bond donors (Lipinski definition) is 2. The van der Waals surface area contributed by atoms with E-state index < -0.39 is 0 Å². The molecule has 110 valence electrons. The fourth-order valence-corrected chi connectivity index (χ4v) is 2.72. The van der Waals surface area contributed by atoms with Crippen LogP contribution in [0.15, 0.2) is 36.4 Å². The Kier molecular flexibility index (Phi) is 4.06. The molecule has 4 heteroatoms. The average molecular weight is 284 g/mol. The number of methoxy groups -OCH3 is 1. The van der Waals surface area contributed by atoms with Crippen LogP contribution in [-0.4, -0.2) is 26.1 Å². The summed E-state index contributed by atoms with van der Waals surface area (Å²) in [4.78, 5) is 12.0. The van der Waals surface area contributed by atoms with Crippen LogP contribution in [0, 0.1) is 5.92 Å². The number of rotatable bonds is 4. The standard InChI is InChI=1S/C17H20N2O2/c1-21-16-5-4-13-8-12(2-3-14(13)9-16)10-19-17(20)15-6-7-18-11-15/h2-5,8-9,15,18H,6-7,10-11H2,1H3,(H,19,20). The first kappa shape index (κ1) is 13.9. The first-order chi connectivity index (χ1) is 10.3. The molecule has 1 saturated heterocycles. The van der Waals surface area contributed by atoms with E-state index in [2.05, 4.69) is 28.8 Å². The average Bonchev–Trinajstić information content (AvgIpc) is 3.06. The summed E-state index contributed by atoms with van der Waals surface area (Å²) in [5, 5.41) is 8.54. The highest BCUT2D eigenvalue weighted by Gasteiger charge is 2.21. The van der Waals surface area contributed by atoms with Gasteiger partial charge in [0.05, 0.1) is 13.0 Å². The van der Waals surface area contributed by atoms with Crippen molar-refractivity contribution in [2.45, 2.75) is 13.0 Å². The van der Waals surface area contributed by atoms with Gasteiger partial charge in [0, 0.05) is 13.1 Å². The van der Waals surface area contributed by atoms with E-state index >= 15 is 0 Å². The van der Waals surface area contributed by atoms with Crippen molar-refractivity contribution >= 4 is 16.7 Å². The Bertz CT molecular complexity index is 648. The smallest absolute Gasteiger partial charge is 0.224 e. The Morgan fingerprint density at radius 1 is 1.29 bits per heavy atom. The third-order valence-electron chi connectivity index (χ3n) is 4.01. The second-order valence-electron chi connectivity index (χ2n) is 5.45. The van der Waals surface area contributed by atoms with Crippen LogP contribution >= 0.6 is 0 Å². The van der Waals surface area contributed by atoms with Crippen molar-refractivity contribution in [1.82, 2.24) is 10.6 Å². The lowest BCUT2D eigenvalue weighted by molar-refractivity contribution is -0.124. The van der Waals surface area contributed by atoms with Crippen molar-refractivity contribution in [3.63, 3.8) is 0 Å². The molecular formula is C17H20N2O2. The molecule has 2 aromatic rings.